The van der Waals surface area contributed by atoms with Gasteiger partial charge in [-0.05, 0) is 50.1 Å². The van der Waals surface area contributed by atoms with Crippen LogP contribution in [0.15, 0.2) is 59.7 Å². The second kappa shape index (κ2) is 12.4. The number of thioether (sulfide) groups is 1. The van der Waals surface area contributed by atoms with Gasteiger partial charge in [-0.2, -0.15) is 5.10 Å². The normalized spacial score (nSPS) is 21.4. The fraction of sp³-hybridized carbons (Fsp3) is 0.357. The number of ether oxygens (including phenoxy) is 1. The Kier molecular flexibility index (Phi) is 8.96. The molecule has 2 aromatic carbocycles. The minimum Gasteiger partial charge on any atom is -0.494 e. The van der Waals surface area contributed by atoms with Crippen molar-refractivity contribution in [2.45, 2.75) is 55.4 Å². The lowest BCUT2D eigenvalue weighted by Gasteiger charge is -2.44. The molecule has 2 fully saturated rings. The van der Waals surface area contributed by atoms with Crippen LogP contribution in [-0.4, -0.2) is 74.6 Å². The fourth-order valence-electron chi connectivity index (χ4n) is 4.64. The van der Waals surface area contributed by atoms with Crippen LogP contribution in [0.1, 0.15) is 49.2 Å². The number of carboxylic acid groups (broad SMARTS) is 1. The Morgan fingerprint density at radius 1 is 1.12 bits per heavy atom. The van der Waals surface area contributed by atoms with Gasteiger partial charge in [-0.25, -0.2) is 10.2 Å². The molecule has 4 N–H and O–H groups in total. The molecule has 2 aliphatic heterocycles. The maximum Gasteiger partial charge on any atom is 0.327 e. The number of rotatable bonds is 11. The summed E-state index contributed by atoms with van der Waals surface area (Å²) in [5, 5.41) is 18.0. The summed E-state index contributed by atoms with van der Waals surface area (Å²) in [5.74, 6) is -2.94. The van der Waals surface area contributed by atoms with Gasteiger partial charge in [0.1, 0.15) is 35.5 Å². The highest BCUT2D eigenvalue weighted by Crippen LogP contribution is 2.50. The molecule has 2 saturated heterocycles. The van der Waals surface area contributed by atoms with Crippen LogP contribution in [0.4, 0.5) is 0 Å². The van der Waals surface area contributed by atoms with E-state index < -0.39 is 57.8 Å². The number of benzene rings is 2. The smallest absolute Gasteiger partial charge is 0.327 e. The maximum atomic E-state index is 13.3. The van der Waals surface area contributed by atoms with Crippen LogP contribution >= 0.6 is 11.8 Å². The van der Waals surface area contributed by atoms with Crippen molar-refractivity contribution in [2.75, 3.05) is 6.61 Å². The molecule has 12 nitrogen and oxygen atoms in total. The van der Waals surface area contributed by atoms with Crippen LogP contribution in [0.25, 0.3) is 0 Å². The van der Waals surface area contributed by atoms with Crippen LogP contribution in [0.3, 0.4) is 0 Å². The van der Waals surface area contributed by atoms with Gasteiger partial charge in [-0.15, -0.1) is 11.8 Å². The Morgan fingerprint density at radius 2 is 1.80 bits per heavy atom. The second-order valence-electron chi connectivity index (χ2n) is 10.0. The van der Waals surface area contributed by atoms with Crippen molar-refractivity contribution in [2.24, 2.45) is 5.10 Å². The largest absolute Gasteiger partial charge is 0.494 e. The average Bonchev–Trinajstić information content (AvgIpc) is 3.21. The minimum atomic E-state index is -1.18. The third-order valence-corrected chi connectivity index (χ3v) is 8.16. The molecule has 4 amide bonds. The highest BCUT2D eigenvalue weighted by molar-refractivity contribution is 8.01. The number of carboxylic acids is 1. The van der Waals surface area contributed by atoms with E-state index in [0.29, 0.717) is 23.5 Å². The molecule has 2 aromatic rings. The maximum absolute atomic E-state index is 13.3. The summed E-state index contributed by atoms with van der Waals surface area (Å²) in [6.45, 7) is 6.03. The number of carbonyl (C=O) groups is 5. The quantitative estimate of drug-likeness (QED) is 0.177. The van der Waals surface area contributed by atoms with Crippen molar-refractivity contribution in [3.05, 3.63) is 65.7 Å². The van der Waals surface area contributed by atoms with E-state index in [1.807, 2.05) is 6.92 Å². The number of hydrogen-bond acceptors (Lipinski definition) is 8. The lowest BCUT2D eigenvalue weighted by molar-refractivity contribution is -0.161. The highest BCUT2D eigenvalue weighted by Gasteiger charge is 2.64. The van der Waals surface area contributed by atoms with Crippen LogP contribution < -0.4 is 20.8 Å². The van der Waals surface area contributed by atoms with Gasteiger partial charge in [0.05, 0.1) is 6.61 Å². The number of hydrogen-bond donors (Lipinski definition) is 4. The molecule has 2 heterocycles. The summed E-state index contributed by atoms with van der Waals surface area (Å²) in [4.78, 5) is 64.2. The van der Waals surface area contributed by atoms with E-state index in [0.717, 1.165) is 12.6 Å². The molecule has 0 spiro atoms. The van der Waals surface area contributed by atoms with Crippen LogP contribution in [-0.2, 0) is 19.2 Å². The minimum absolute atomic E-state index is 0.310. The van der Waals surface area contributed by atoms with Crippen molar-refractivity contribution in [3.63, 3.8) is 0 Å². The van der Waals surface area contributed by atoms with Crippen molar-refractivity contribution in [3.8, 4) is 5.75 Å². The topological polar surface area (TPSA) is 166 Å². The summed E-state index contributed by atoms with van der Waals surface area (Å²) in [6, 6.07) is 11.7. The summed E-state index contributed by atoms with van der Waals surface area (Å²) in [7, 11) is 0. The van der Waals surface area contributed by atoms with Crippen LogP contribution in [0, 0.1) is 0 Å². The van der Waals surface area contributed by atoms with E-state index >= 15 is 0 Å². The highest BCUT2D eigenvalue weighted by atomic mass is 32.2. The number of carbonyl (C=O) groups excluding carboxylic acids is 4. The molecule has 0 aliphatic carbocycles. The zero-order chi connectivity index (χ0) is 29.7. The number of fused-ring (bicyclic) bond motifs is 1. The van der Waals surface area contributed by atoms with Crippen molar-refractivity contribution >= 4 is 47.6 Å². The summed E-state index contributed by atoms with van der Waals surface area (Å²) in [5.41, 5.74) is 3.03. The first-order chi connectivity index (χ1) is 19.5. The van der Waals surface area contributed by atoms with Crippen molar-refractivity contribution in [1.29, 1.82) is 0 Å². The van der Waals surface area contributed by atoms with Crippen LogP contribution in [0.5, 0.6) is 5.75 Å². The lowest BCUT2D eigenvalue weighted by Crippen LogP contribution is -2.71. The zero-order valence-corrected chi connectivity index (χ0v) is 23.5. The number of nitrogens with zero attached hydrogens (tertiary/aromatic N) is 2. The predicted octanol–water partition coefficient (Wildman–Crippen LogP) is 1.68. The molecule has 0 aromatic heterocycles. The molecule has 0 bridgehead atoms. The Bertz CT molecular complexity index is 1350. The Labute approximate surface area is 240 Å². The van der Waals surface area contributed by atoms with E-state index in [2.05, 4.69) is 21.2 Å². The molecular formula is C28H31N5O7S. The number of aliphatic carboxylic acids is 1. The third kappa shape index (κ3) is 6.51. The van der Waals surface area contributed by atoms with E-state index in [1.165, 1.54) is 16.7 Å². The summed E-state index contributed by atoms with van der Waals surface area (Å²) >= 11 is 1.30. The van der Waals surface area contributed by atoms with Crippen LogP contribution in [0.2, 0.25) is 0 Å². The average molecular weight is 582 g/mol. The Hall–Kier alpha value is -4.39. The van der Waals surface area contributed by atoms with Gasteiger partial charge in [-0.3, -0.25) is 19.2 Å². The van der Waals surface area contributed by atoms with Crippen molar-refractivity contribution < 1.29 is 33.8 Å². The predicted molar refractivity (Wildman–Crippen MR) is 151 cm³/mol. The molecule has 216 valence electrons. The Balaban J connectivity index is 1.38. The molecule has 2 aliphatic rings. The molecule has 41 heavy (non-hydrogen) atoms. The van der Waals surface area contributed by atoms with Crippen molar-refractivity contribution in [1.82, 2.24) is 21.0 Å². The van der Waals surface area contributed by atoms with Gasteiger partial charge in [0.15, 0.2) is 0 Å². The molecule has 0 radical (unpaired) electrons. The second-order valence-corrected chi connectivity index (χ2v) is 11.8. The molecule has 13 heteroatoms. The SMILES string of the molecule is CCCOc1ccc(C(=O)NN=CC(=O)NC(C(=O)NC2C(=O)N3C2SC(C)(C)C3C(=O)O)c2ccccc2)cc1. The number of amides is 4. The van der Waals surface area contributed by atoms with Gasteiger partial charge in [0, 0.05) is 10.3 Å². The molecule has 0 saturated carbocycles. The number of β-lactam (4-membered cyclic amide) rings is 1. The van der Waals surface area contributed by atoms with Gasteiger partial charge < -0.3 is 25.4 Å². The Morgan fingerprint density at radius 3 is 2.44 bits per heavy atom. The monoisotopic (exact) mass is 581 g/mol. The van der Waals surface area contributed by atoms with Gasteiger partial charge in [0.2, 0.25) is 11.8 Å². The standard InChI is InChI=1S/C28H31N5O7S/c1-4-14-40-18-12-10-17(11-13-18)23(35)32-29-15-19(34)30-20(16-8-6-5-7-9-16)24(36)31-21-25(37)33-22(27(38)39)28(2,3)41-26(21)33/h5-13,15,20-22,26H,4,14H2,1-3H3,(H,30,34)(H,31,36)(H,32,35)(H,38,39). The first-order valence-electron chi connectivity index (χ1n) is 13.0. The third-order valence-electron chi connectivity index (χ3n) is 6.59. The van der Waals surface area contributed by atoms with Gasteiger partial charge in [0.25, 0.3) is 11.8 Å². The number of nitrogens with one attached hydrogen (secondary N) is 3. The number of hydrazone groups is 1. The molecule has 4 rings (SSSR count). The molecule has 4 atom stereocenters. The summed E-state index contributed by atoms with van der Waals surface area (Å²) in [6.07, 6.45) is 1.69. The first kappa shape index (κ1) is 29.6. The van der Waals surface area contributed by atoms with E-state index in [9.17, 15) is 29.1 Å². The van der Waals surface area contributed by atoms with Gasteiger partial charge >= 0.3 is 5.97 Å². The summed E-state index contributed by atoms with van der Waals surface area (Å²) < 4.78 is 4.74. The first-order valence-corrected chi connectivity index (χ1v) is 13.9. The van der Waals surface area contributed by atoms with E-state index in [-0.39, 0.29) is 0 Å². The lowest BCUT2D eigenvalue weighted by atomic mass is 9.95. The fourth-order valence-corrected chi connectivity index (χ4v) is 6.27. The van der Waals surface area contributed by atoms with E-state index in [4.69, 9.17) is 4.74 Å². The molecular weight excluding hydrogens is 550 g/mol. The zero-order valence-electron chi connectivity index (χ0n) is 22.7. The molecule has 4 unspecified atom stereocenters. The van der Waals surface area contributed by atoms with E-state index in [1.54, 1.807) is 68.4 Å². The van der Waals surface area contributed by atoms with Gasteiger partial charge in [-0.1, -0.05) is 37.3 Å².